The van der Waals surface area contributed by atoms with Crippen molar-refractivity contribution in [3.8, 4) is 5.75 Å². The summed E-state index contributed by atoms with van der Waals surface area (Å²) >= 11 is 0. The highest BCUT2D eigenvalue weighted by atomic mass is 19.1. The van der Waals surface area contributed by atoms with E-state index in [0.717, 1.165) is 22.6 Å². The van der Waals surface area contributed by atoms with Crippen molar-refractivity contribution < 1.29 is 18.3 Å². The van der Waals surface area contributed by atoms with Crippen LogP contribution in [0.3, 0.4) is 0 Å². The summed E-state index contributed by atoms with van der Waals surface area (Å²) in [6.45, 7) is 5.90. The van der Waals surface area contributed by atoms with Crippen LogP contribution in [0.25, 0.3) is 0 Å². The molecule has 3 aromatic carbocycles. The van der Waals surface area contributed by atoms with Gasteiger partial charge >= 0.3 is 0 Å². The zero-order chi connectivity index (χ0) is 24.9. The Balaban J connectivity index is 1.48. The highest BCUT2D eigenvalue weighted by Crippen LogP contribution is 2.33. The largest absolute Gasteiger partial charge is 0.497 e. The highest BCUT2D eigenvalue weighted by molar-refractivity contribution is 5.92. The number of nitrogens with zero attached hydrogens (tertiary/aromatic N) is 2. The maximum Gasteiger partial charge on any atom is 0.238 e. The fourth-order valence-electron chi connectivity index (χ4n) is 4.73. The van der Waals surface area contributed by atoms with Crippen LogP contribution < -0.4 is 10.1 Å². The van der Waals surface area contributed by atoms with Crippen molar-refractivity contribution in [1.29, 1.82) is 0 Å². The summed E-state index contributed by atoms with van der Waals surface area (Å²) in [7, 11) is 1.60. The van der Waals surface area contributed by atoms with Crippen LogP contribution in [-0.4, -0.2) is 54.5 Å². The van der Waals surface area contributed by atoms with E-state index >= 15 is 0 Å². The summed E-state index contributed by atoms with van der Waals surface area (Å²) in [6, 6.07) is 20.3. The first-order chi connectivity index (χ1) is 16.8. The van der Waals surface area contributed by atoms with E-state index in [9.17, 15) is 13.6 Å². The lowest BCUT2D eigenvalue weighted by Crippen LogP contribution is -2.58. The molecule has 4 rings (SSSR count). The third-order valence-corrected chi connectivity index (χ3v) is 6.59. The molecule has 2 atom stereocenters. The first-order valence-corrected chi connectivity index (χ1v) is 11.8. The predicted molar refractivity (Wildman–Crippen MR) is 133 cm³/mol. The second-order valence-electron chi connectivity index (χ2n) is 9.11. The molecule has 0 aliphatic carbocycles. The van der Waals surface area contributed by atoms with Crippen LogP contribution in [0.2, 0.25) is 0 Å². The van der Waals surface area contributed by atoms with Crippen LogP contribution >= 0.6 is 0 Å². The Morgan fingerprint density at radius 1 is 0.886 bits per heavy atom. The Morgan fingerprint density at radius 3 is 1.94 bits per heavy atom. The summed E-state index contributed by atoms with van der Waals surface area (Å²) in [5.41, 5.74) is 2.62. The van der Waals surface area contributed by atoms with Gasteiger partial charge in [-0.2, -0.15) is 0 Å². The smallest absolute Gasteiger partial charge is 0.238 e. The molecule has 1 N–H and O–H groups in total. The molecular weight excluding hydrogens is 448 g/mol. The third kappa shape index (κ3) is 6.05. The van der Waals surface area contributed by atoms with Crippen LogP contribution in [0.1, 0.15) is 31.0 Å². The van der Waals surface area contributed by atoms with Gasteiger partial charge in [-0.05, 0) is 73.5 Å². The van der Waals surface area contributed by atoms with Crippen molar-refractivity contribution in [3.05, 3.63) is 95.6 Å². The second-order valence-corrected chi connectivity index (χ2v) is 9.11. The molecule has 0 bridgehead atoms. The summed E-state index contributed by atoms with van der Waals surface area (Å²) < 4.78 is 32.4. The van der Waals surface area contributed by atoms with Crippen molar-refractivity contribution in [2.75, 3.05) is 32.1 Å². The average Bonchev–Trinajstić information content (AvgIpc) is 2.85. The fourth-order valence-corrected chi connectivity index (χ4v) is 4.73. The minimum atomic E-state index is -0.291. The van der Waals surface area contributed by atoms with E-state index < -0.39 is 0 Å². The van der Waals surface area contributed by atoms with Crippen LogP contribution in [-0.2, 0) is 4.79 Å². The standard InChI is InChI=1S/C28H31F2N3O2/c1-19-17-33(28(21-4-8-23(29)9-5-21)22-6-10-24(30)11-7-22)20(2)16-32(19)18-27(34)31-25-12-14-26(35-3)15-13-25/h4-15,19-20,28H,16-18H2,1-3H3,(H,31,34)/t19-,20+/m0/s1. The Hall–Kier alpha value is -3.29. The van der Waals surface area contributed by atoms with Gasteiger partial charge in [0.25, 0.3) is 0 Å². The molecule has 0 saturated carbocycles. The minimum absolute atomic E-state index is 0.0729. The number of carbonyl (C=O) groups is 1. The molecule has 1 aliphatic rings. The van der Waals surface area contributed by atoms with E-state index in [-0.39, 0.29) is 42.2 Å². The zero-order valence-electron chi connectivity index (χ0n) is 20.2. The molecule has 184 valence electrons. The van der Waals surface area contributed by atoms with E-state index in [1.165, 1.54) is 24.3 Å². The van der Waals surface area contributed by atoms with Crippen molar-refractivity contribution in [1.82, 2.24) is 9.80 Å². The molecule has 1 heterocycles. The number of carbonyl (C=O) groups excluding carboxylic acids is 1. The molecular formula is C28H31F2N3O2. The number of anilines is 1. The second kappa shape index (κ2) is 11.0. The van der Waals surface area contributed by atoms with Crippen LogP contribution in [0.4, 0.5) is 14.5 Å². The van der Waals surface area contributed by atoms with Crippen LogP contribution in [0.5, 0.6) is 5.75 Å². The van der Waals surface area contributed by atoms with Gasteiger partial charge in [-0.25, -0.2) is 8.78 Å². The Labute approximate surface area is 205 Å². The number of hydrogen-bond acceptors (Lipinski definition) is 4. The number of methoxy groups -OCH3 is 1. The number of piperazine rings is 1. The van der Waals surface area contributed by atoms with E-state index in [4.69, 9.17) is 4.74 Å². The van der Waals surface area contributed by atoms with Crippen LogP contribution in [0, 0.1) is 11.6 Å². The summed E-state index contributed by atoms with van der Waals surface area (Å²) in [4.78, 5) is 17.3. The molecule has 5 nitrogen and oxygen atoms in total. The summed E-state index contributed by atoms with van der Waals surface area (Å²) in [6.07, 6.45) is 0. The van der Waals surface area contributed by atoms with Gasteiger partial charge < -0.3 is 10.1 Å². The van der Waals surface area contributed by atoms with Crippen LogP contribution in [0.15, 0.2) is 72.8 Å². The van der Waals surface area contributed by atoms with E-state index in [1.807, 2.05) is 24.3 Å². The molecule has 35 heavy (non-hydrogen) atoms. The molecule has 7 heteroatoms. The normalized spacial score (nSPS) is 19.0. The minimum Gasteiger partial charge on any atom is -0.497 e. The van der Waals surface area contributed by atoms with Gasteiger partial charge in [0.15, 0.2) is 0 Å². The zero-order valence-corrected chi connectivity index (χ0v) is 20.2. The maximum absolute atomic E-state index is 13.6. The number of halogens is 2. The monoisotopic (exact) mass is 479 g/mol. The van der Waals surface area contributed by atoms with Crippen molar-refractivity contribution in [2.45, 2.75) is 32.0 Å². The first-order valence-electron chi connectivity index (χ1n) is 11.8. The van der Waals surface area contributed by atoms with Gasteiger partial charge in [0.05, 0.1) is 19.7 Å². The third-order valence-electron chi connectivity index (χ3n) is 6.59. The Bertz CT molecular complexity index is 1070. The Kier molecular flexibility index (Phi) is 7.78. The first kappa shape index (κ1) is 24.8. The molecule has 0 spiro atoms. The van der Waals surface area contributed by atoms with E-state index in [2.05, 4.69) is 29.0 Å². The molecule has 1 amide bonds. The quantitative estimate of drug-likeness (QED) is 0.512. The molecule has 1 saturated heterocycles. The molecule has 1 fully saturated rings. The van der Waals surface area contributed by atoms with Gasteiger partial charge in [-0.15, -0.1) is 0 Å². The number of rotatable bonds is 7. The topological polar surface area (TPSA) is 44.8 Å². The number of amides is 1. The number of benzene rings is 3. The molecule has 0 radical (unpaired) electrons. The maximum atomic E-state index is 13.6. The lowest BCUT2D eigenvalue weighted by molar-refractivity contribution is -0.119. The van der Waals surface area contributed by atoms with E-state index in [0.29, 0.717) is 13.1 Å². The molecule has 0 unspecified atom stereocenters. The van der Waals surface area contributed by atoms with Gasteiger partial charge in [0, 0.05) is 30.9 Å². The summed E-state index contributed by atoms with van der Waals surface area (Å²) in [5, 5.41) is 2.95. The van der Waals surface area contributed by atoms with Gasteiger partial charge in [0.2, 0.25) is 5.91 Å². The van der Waals surface area contributed by atoms with Crippen molar-refractivity contribution >= 4 is 11.6 Å². The SMILES string of the molecule is COc1ccc(NC(=O)CN2C[C@@H](C)N(C(c3ccc(F)cc3)c3ccc(F)cc3)C[C@@H]2C)cc1. The van der Waals surface area contributed by atoms with Gasteiger partial charge in [-0.3, -0.25) is 14.6 Å². The Morgan fingerprint density at radius 2 is 1.43 bits per heavy atom. The number of nitrogens with one attached hydrogen (secondary N) is 1. The van der Waals surface area contributed by atoms with Gasteiger partial charge in [0.1, 0.15) is 17.4 Å². The lowest BCUT2D eigenvalue weighted by atomic mass is 9.93. The van der Waals surface area contributed by atoms with Gasteiger partial charge in [-0.1, -0.05) is 24.3 Å². The summed E-state index contributed by atoms with van der Waals surface area (Å²) in [5.74, 6) is 0.0798. The number of ether oxygens (including phenoxy) is 1. The molecule has 1 aliphatic heterocycles. The highest BCUT2D eigenvalue weighted by Gasteiger charge is 2.35. The molecule has 3 aromatic rings. The van der Waals surface area contributed by atoms with Crippen molar-refractivity contribution in [3.63, 3.8) is 0 Å². The number of hydrogen-bond donors (Lipinski definition) is 1. The molecule has 0 aromatic heterocycles. The average molecular weight is 480 g/mol. The fraction of sp³-hybridized carbons (Fsp3) is 0.321. The van der Waals surface area contributed by atoms with Crippen molar-refractivity contribution in [2.24, 2.45) is 0 Å². The van der Waals surface area contributed by atoms with E-state index in [1.54, 1.807) is 31.4 Å². The lowest BCUT2D eigenvalue weighted by Gasteiger charge is -2.47. The predicted octanol–water partition coefficient (Wildman–Crippen LogP) is 5.10.